The Hall–Kier alpha value is -1.35. The molecule has 2 aromatic rings. The van der Waals surface area contributed by atoms with Gasteiger partial charge in [-0.25, -0.2) is 4.98 Å². The smallest absolute Gasteiger partial charge is 0.116 e. The van der Waals surface area contributed by atoms with E-state index in [0.717, 1.165) is 11.1 Å². The number of fused-ring (bicyclic) bond motifs is 1. The Morgan fingerprint density at radius 2 is 1.90 bits per heavy atom. The van der Waals surface area contributed by atoms with E-state index < -0.39 is 0 Å². The van der Waals surface area contributed by atoms with Gasteiger partial charge in [0.1, 0.15) is 5.82 Å². The fourth-order valence-electron chi connectivity index (χ4n) is 3.72. The largest absolute Gasteiger partial charge is 0.326 e. The van der Waals surface area contributed by atoms with E-state index in [-0.39, 0.29) is 11.0 Å². The lowest BCUT2D eigenvalue weighted by Crippen LogP contribution is -2.31. The molecule has 0 amide bonds. The van der Waals surface area contributed by atoms with Crippen LogP contribution in [0.15, 0.2) is 18.2 Å². The quantitative estimate of drug-likeness (QED) is 0.903. The third kappa shape index (κ3) is 2.38. The Kier molecular flexibility index (Phi) is 3.36. The molecule has 3 rings (SSSR count). The zero-order chi connectivity index (χ0) is 15.3. The second kappa shape index (κ2) is 4.84. The monoisotopic (exact) mass is 285 g/mol. The number of nitrogens with zero attached hydrogens (tertiary/aromatic N) is 2. The first-order valence-corrected chi connectivity index (χ1v) is 8.07. The van der Waals surface area contributed by atoms with Crippen LogP contribution in [0.4, 0.5) is 0 Å². The fourth-order valence-corrected chi connectivity index (χ4v) is 3.72. The highest BCUT2D eigenvalue weighted by atomic mass is 15.1. The zero-order valence-electron chi connectivity index (χ0n) is 13.7. The van der Waals surface area contributed by atoms with Gasteiger partial charge < -0.3 is 10.3 Å². The summed E-state index contributed by atoms with van der Waals surface area (Å²) >= 11 is 0. The summed E-state index contributed by atoms with van der Waals surface area (Å²) < 4.78 is 2.45. The fraction of sp³-hybridized carbons (Fsp3) is 0.611. The van der Waals surface area contributed by atoms with Gasteiger partial charge in [0, 0.05) is 17.5 Å². The molecule has 0 saturated heterocycles. The van der Waals surface area contributed by atoms with Crippen molar-refractivity contribution in [2.24, 2.45) is 5.73 Å². The minimum absolute atomic E-state index is 0.0416. The van der Waals surface area contributed by atoms with Crippen LogP contribution in [0, 0.1) is 0 Å². The highest BCUT2D eigenvalue weighted by Gasteiger charge is 2.37. The van der Waals surface area contributed by atoms with Crippen LogP contribution in [0.25, 0.3) is 11.0 Å². The van der Waals surface area contributed by atoms with Crippen molar-refractivity contribution in [3.05, 3.63) is 29.6 Å². The normalized spacial score (nSPS) is 18.5. The summed E-state index contributed by atoms with van der Waals surface area (Å²) in [6, 6.07) is 6.48. The molecule has 1 aliphatic carbocycles. The lowest BCUT2D eigenvalue weighted by Gasteiger charge is -2.31. The summed E-state index contributed by atoms with van der Waals surface area (Å²) in [6.45, 7) is 9.77. The van der Waals surface area contributed by atoms with Crippen LogP contribution in [-0.2, 0) is 17.5 Å². The van der Waals surface area contributed by atoms with Crippen LogP contribution < -0.4 is 5.73 Å². The maximum absolute atomic E-state index is 5.79. The molecule has 1 heterocycles. The van der Waals surface area contributed by atoms with E-state index in [9.17, 15) is 0 Å². The highest BCUT2D eigenvalue weighted by molar-refractivity contribution is 5.77. The molecule has 0 aliphatic heterocycles. The van der Waals surface area contributed by atoms with Crippen LogP contribution in [0.3, 0.4) is 0 Å². The van der Waals surface area contributed by atoms with Crippen LogP contribution >= 0.6 is 0 Å². The van der Waals surface area contributed by atoms with Gasteiger partial charge in [0.05, 0.1) is 11.0 Å². The molecular weight excluding hydrogens is 258 g/mol. The molecule has 3 nitrogen and oxygen atoms in total. The Bertz CT molecular complexity index is 655. The number of hydrogen-bond acceptors (Lipinski definition) is 2. The standard InChI is InChI=1S/C18H27N3/c1-17(2,3)21-15-8-7-13(12-19)11-14(15)20-16(21)18(4)9-5-6-10-18/h7-8,11H,5-6,9-10,12,19H2,1-4H3. The maximum atomic E-state index is 5.79. The number of hydrogen-bond donors (Lipinski definition) is 1. The van der Waals surface area contributed by atoms with E-state index in [2.05, 4.69) is 50.5 Å². The van der Waals surface area contributed by atoms with E-state index >= 15 is 0 Å². The average Bonchev–Trinajstić information content (AvgIpc) is 3.01. The number of benzene rings is 1. The topological polar surface area (TPSA) is 43.8 Å². The van der Waals surface area contributed by atoms with Crippen molar-refractivity contribution in [2.45, 2.75) is 70.9 Å². The molecular formula is C18H27N3. The van der Waals surface area contributed by atoms with Crippen molar-refractivity contribution >= 4 is 11.0 Å². The van der Waals surface area contributed by atoms with E-state index in [1.54, 1.807) is 0 Å². The molecule has 0 spiro atoms. The lowest BCUT2D eigenvalue weighted by atomic mass is 9.87. The molecule has 2 N–H and O–H groups in total. The summed E-state index contributed by atoms with van der Waals surface area (Å²) in [5, 5.41) is 0. The number of imidazole rings is 1. The molecule has 0 atom stereocenters. The van der Waals surface area contributed by atoms with Gasteiger partial charge in [-0.3, -0.25) is 0 Å². The molecule has 3 heteroatoms. The predicted octanol–water partition coefficient (Wildman–Crippen LogP) is 4.08. The molecule has 1 aromatic heterocycles. The third-order valence-corrected chi connectivity index (χ3v) is 4.87. The van der Waals surface area contributed by atoms with Gasteiger partial charge in [0.15, 0.2) is 0 Å². The first kappa shape index (κ1) is 14.6. The van der Waals surface area contributed by atoms with Crippen molar-refractivity contribution in [1.29, 1.82) is 0 Å². The van der Waals surface area contributed by atoms with Crippen LogP contribution in [0.5, 0.6) is 0 Å². The van der Waals surface area contributed by atoms with Gasteiger partial charge in [0.25, 0.3) is 0 Å². The van der Waals surface area contributed by atoms with Gasteiger partial charge in [-0.1, -0.05) is 25.8 Å². The van der Waals surface area contributed by atoms with Crippen molar-refractivity contribution in [3.63, 3.8) is 0 Å². The summed E-state index contributed by atoms with van der Waals surface area (Å²) in [4.78, 5) is 5.05. The Morgan fingerprint density at radius 3 is 2.48 bits per heavy atom. The van der Waals surface area contributed by atoms with Gasteiger partial charge in [-0.05, 0) is 51.3 Å². The number of aromatic nitrogens is 2. The highest BCUT2D eigenvalue weighted by Crippen LogP contribution is 2.42. The van der Waals surface area contributed by atoms with Crippen LogP contribution in [0.1, 0.15) is 64.8 Å². The number of rotatable bonds is 2. The molecule has 1 fully saturated rings. The Morgan fingerprint density at radius 1 is 1.24 bits per heavy atom. The number of nitrogens with two attached hydrogens (primary N) is 1. The first-order chi connectivity index (χ1) is 9.85. The average molecular weight is 285 g/mol. The summed E-state index contributed by atoms with van der Waals surface area (Å²) in [5.74, 6) is 1.26. The minimum atomic E-state index is 0.0416. The van der Waals surface area contributed by atoms with Crippen LogP contribution in [0.2, 0.25) is 0 Å². The predicted molar refractivity (Wildman–Crippen MR) is 88.4 cm³/mol. The molecule has 21 heavy (non-hydrogen) atoms. The summed E-state index contributed by atoms with van der Waals surface area (Å²) in [5.41, 5.74) is 9.53. The van der Waals surface area contributed by atoms with Gasteiger partial charge >= 0.3 is 0 Å². The first-order valence-electron chi connectivity index (χ1n) is 8.07. The zero-order valence-corrected chi connectivity index (χ0v) is 13.7. The van der Waals surface area contributed by atoms with E-state index in [1.807, 2.05) is 0 Å². The van der Waals surface area contributed by atoms with E-state index in [0.29, 0.717) is 6.54 Å². The van der Waals surface area contributed by atoms with E-state index in [1.165, 1.54) is 37.0 Å². The third-order valence-electron chi connectivity index (χ3n) is 4.87. The molecule has 1 aliphatic rings. The SMILES string of the molecule is CC1(c2nc3cc(CN)ccc3n2C(C)(C)C)CCCC1. The lowest BCUT2D eigenvalue weighted by molar-refractivity contribution is 0.345. The summed E-state index contributed by atoms with van der Waals surface area (Å²) in [6.07, 6.45) is 5.13. The second-order valence-electron chi connectivity index (χ2n) is 7.74. The van der Waals surface area contributed by atoms with Crippen LogP contribution in [-0.4, -0.2) is 9.55 Å². The minimum Gasteiger partial charge on any atom is -0.326 e. The van der Waals surface area contributed by atoms with Crippen molar-refractivity contribution in [1.82, 2.24) is 9.55 Å². The maximum Gasteiger partial charge on any atom is 0.116 e. The van der Waals surface area contributed by atoms with E-state index in [4.69, 9.17) is 10.7 Å². The summed E-state index contributed by atoms with van der Waals surface area (Å²) in [7, 11) is 0. The van der Waals surface area contributed by atoms with Gasteiger partial charge in [-0.15, -0.1) is 0 Å². The molecule has 1 saturated carbocycles. The molecule has 0 bridgehead atoms. The van der Waals surface area contributed by atoms with Crippen molar-refractivity contribution in [3.8, 4) is 0 Å². The molecule has 1 aromatic carbocycles. The van der Waals surface area contributed by atoms with Gasteiger partial charge in [0.2, 0.25) is 0 Å². The molecule has 0 unspecified atom stereocenters. The van der Waals surface area contributed by atoms with Crippen molar-refractivity contribution in [2.75, 3.05) is 0 Å². The Labute approximate surface area is 127 Å². The molecule has 114 valence electrons. The second-order valence-corrected chi connectivity index (χ2v) is 7.74. The van der Waals surface area contributed by atoms with Crippen molar-refractivity contribution < 1.29 is 0 Å². The molecule has 0 radical (unpaired) electrons. The van der Waals surface area contributed by atoms with Gasteiger partial charge in [-0.2, -0.15) is 0 Å². The Balaban J connectivity index is 2.27.